The summed E-state index contributed by atoms with van der Waals surface area (Å²) in [5.41, 5.74) is 0.902. The zero-order valence-electron chi connectivity index (χ0n) is 13.9. The fourth-order valence-corrected chi connectivity index (χ4v) is 2.60. The molecule has 5 nitrogen and oxygen atoms in total. The molecular weight excluding hydrogens is 306 g/mol. The normalized spacial score (nSPS) is 10.6. The third kappa shape index (κ3) is 2.93. The lowest BCUT2D eigenvalue weighted by Gasteiger charge is -2.14. The highest BCUT2D eigenvalue weighted by Crippen LogP contribution is 2.35. The number of ether oxygens (including phenoxy) is 3. The van der Waals surface area contributed by atoms with Gasteiger partial charge in [-0.2, -0.15) is 0 Å². The molecule has 1 aromatic heterocycles. The van der Waals surface area contributed by atoms with E-state index in [9.17, 15) is 4.79 Å². The van der Waals surface area contributed by atoms with Crippen molar-refractivity contribution in [1.82, 2.24) is 4.57 Å². The molecular formula is C19H19NO4. The number of methoxy groups -OCH3 is 2. The van der Waals surface area contributed by atoms with Gasteiger partial charge in [-0.25, -0.2) is 0 Å². The Hall–Kier alpha value is -2.95. The van der Waals surface area contributed by atoms with E-state index in [1.807, 2.05) is 30.3 Å². The molecule has 3 aromatic rings. The van der Waals surface area contributed by atoms with E-state index in [2.05, 4.69) is 0 Å². The quantitative estimate of drug-likeness (QED) is 0.723. The van der Waals surface area contributed by atoms with E-state index in [-0.39, 0.29) is 5.56 Å². The van der Waals surface area contributed by atoms with Crippen LogP contribution in [-0.2, 0) is 13.7 Å². The van der Waals surface area contributed by atoms with E-state index < -0.39 is 0 Å². The Morgan fingerprint density at radius 1 is 1.00 bits per heavy atom. The lowest BCUT2D eigenvalue weighted by molar-refractivity contribution is 0.287. The molecule has 0 radical (unpaired) electrons. The van der Waals surface area contributed by atoms with Crippen LogP contribution in [0.3, 0.4) is 0 Å². The Labute approximate surface area is 140 Å². The van der Waals surface area contributed by atoms with Crippen LogP contribution in [-0.4, -0.2) is 18.8 Å². The average Bonchev–Trinajstić information content (AvgIpc) is 2.62. The van der Waals surface area contributed by atoms with Gasteiger partial charge in [-0.15, -0.1) is 0 Å². The molecule has 0 atom stereocenters. The van der Waals surface area contributed by atoms with Crippen LogP contribution in [0.15, 0.2) is 53.5 Å². The van der Waals surface area contributed by atoms with Gasteiger partial charge < -0.3 is 18.8 Å². The summed E-state index contributed by atoms with van der Waals surface area (Å²) in [7, 11) is 4.94. The Kier molecular flexibility index (Phi) is 4.42. The van der Waals surface area contributed by atoms with E-state index in [1.54, 1.807) is 44.2 Å². The highest BCUT2D eigenvalue weighted by atomic mass is 16.5. The molecule has 0 aliphatic carbocycles. The van der Waals surface area contributed by atoms with Crippen molar-refractivity contribution in [2.24, 2.45) is 7.05 Å². The molecule has 0 aliphatic rings. The van der Waals surface area contributed by atoms with E-state index in [1.165, 1.54) is 0 Å². The second-order valence-corrected chi connectivity index (χ2v) is 5.43. The summed E-state index contributed by atoms with van der Waals surface area (Å²) in [6.07, 6.45) is 1.72. The third-order valence-corrected chi connectivity index (χ3v) is 3.91. The van der Waals surface area contributed by atoms with Gasteiger partial charge in [0.2, 0.25) is 0 Å². The van der Waals surface area contributed by atoms with Gasteiger partial charge in [-0.1, -0.05) is 12.1 Å². The number of fused-ring (bicyclic) bond motifs is 1. The predicted molar refractivity (Wildman–Crippen MR) is 93.1 cm³/mol. The van der Waals surface area contributed by atoms with Crippen LogP contribution in [0.25, 0.3) is 10.8 Å². The Morgan fingerprint density at radius 2 is 1.83 bits per heavy atom. The number of benzene rings is 2. The number of aryl methyl sites for hydroxylation is 1. The van der Waals surface area contributed by atoms with Crippen LogP contribution in [0.5, 0.6) is 17.2 Å². The fraction of sp³-hybridized carbons (Fsp3) is 0.211. The molecule has 0 N–H and O–H groups in total. The second kappa shape index (κ2) is 6.66. The van der Waals surface area contributed by atoms with Crippen LogP contribution in [0.4, 0.5) is 0 Å². The Morgan fingerprint density at radius 3 is 2.58 bits per heavy atom. The van der Waals surface area contributed by atoms with Gasteiger partial charge in [0.1, 0.15) is 12.4 Å². The number of hydrogen-bond acceptors (Lipinski definition) is 4. The molecule has 0 unspecified atom stereocenters. The van der Waals surface area contributed by atoms with Crippen molar-refractivity contribution in [3.05, 3.63) is 64.6 Å². The minimum absolute atomic E-state index is 0.0682. The summed E-state index contributed by atoms with van der Waals surface area (Å²) in [6, 6.07) is 13.0. The van der Waals surface area contributed by atoms with Crippen LogP contribution in [0, 0.1) is 0 Å². The van der Waals surface area contributed by atoms with Crippen LogP contribution >= 0.6 is 0 Å². The van der Waals surface area contributed by atoms with Crippen molar-refractivity contribution >= 4 is 10.8 Å². The fourth-order valence-electron chi connectivity index (χ4n) is 2.60. The van der Waals surface area contributed by atoms with Gasteiger partial charge in [0.05, 0.1) is 19.6 Å². The smallest absolute Gasteiger partial charge is 0.258 e. The Balaban J connectivity index is 2.01. The molecule has 5 heteroatoms. The number of nitrogens with zero attached hydrogens (tertiary/aromatic N) is 1. The first-order chi connectivity index (χ1) is 11.6. The third-order valence-electron chi connectivity index (χ3n) is 3.91. The maximum atomic E-state index is 12.3. The largest absolute Gasteiger partial charge is 0.497 e. The maximum absolute atomic E-state index is 12.3. The van der Waals surface area contributed by atoms with Crippen molar-refractivity contribution in [2.45, 2.75) is 6.61 Å². The molecule has 0 bridgehead atoms. The zero-order valence-corrected chi connectivity index (χ0v) is 13.9. The highest BCUT2D eigenvalue weighted by Gasteiger charge is 2.13. The molecule has 0 spiro atoms. The van der Waals surface area contributed by atoms with Crippen LogP contribution < -0.4 is 19.8 Å². The maximum Gasteiger partial charge on any atom is 0.258 e. The lowest BCUT2D eigenvalue weighted by atomic mass is 10.1. The zero-order chi connectivity index (χ0) is 17.1. The van der Waals surface area contributed by atoms with Gasteiger partial charge in [-0.3, -0.25) is 4.79 Å². The van der Waals surface area contributed by atoms with Gasteiger partial charge >= 0.3 is 0 Å². The summed E-state index contributed by atoms with van der Waals surface area (Å²) in [5.74, 6) is 1.93. The lowest BCUT2D eigenvalue weighted by Crippen LogP contribution is -2.15. The van der Waals surface area contributed by atoms with Crippen LogP contribution in [0.1, 0.15) is 5.56 Å². The molecule has 0 fully saturated rings. The SMILES string of the molecule is COc1cccc(COc2c(OC)ccc3c(=O)n(C)ccc23)c1. The second-order valence-electron chi connectivity index (χ2n) is 5.43. The van der Waals surface area contributed by atoms with Crippen molar-refractivity contribution in [1.29, 1.82) is 0 Å². The predicted octanol–water partition coefficient (Wildman–Crippen LogP) is 3.13. The van der Waals surface area contributed by atoms with E-state index in [0.29, 0.717) is 23.5 Å². The molecule has 24 heavy (non-hydrogen) atoms. The van der Waals surface area contributed by atoms with E-state index in [4.69, 9.17) is 14.2 Å². The highest BCUT2D eigenvalue weighted by molar-refractivity contribution is 5.90. The molecule has 124 valence electrons. The number of hydrogen-bond donors (Lipinski definition) is 0. The number of pyridine rings is 1. The monoisotopic (exact) mass is 325 g/mol. The minimum atomic E-state index is -0.0682. The first kappa shape index (κ1) is 15.9. The molecule has 3 rings (SSSR count). The molecule has 2 aromatic carbocycles. The van der Waals surface area contributed by atoms with Crippen molar-refractivity contribution < 1.29 is 14.2 Å². The summed E-state index contributed by atoms with van der Waals surface area (Å²) < 4.78 is 18.2. The minimum Gasteiger partial charge on any atom is -0.497 e. The summed E-state index contributed by atoms with van der Waals surface area (Å²) in [6.45, 7) is 0.349. The van der Waals surface area contributed by atoms with Gasteiger partial charge in [0, 0.05) is 18.6 Å². The molecule has 0 saturated heterocycles. The topological polar surface area (TPSA) is 49.7 Å². The van der Waals surface area contributed by atoms with E-state index >= 15 is 0 Å². The number of rotatable bonds is 5. The first-order valence-corrected chi connectivity index (χ1v) is 7.56. The average molecular weight is 325 g/mol. The van der Waals surface area contributed by atoms with Gasteiger partial charge in [0.25, 0.3) is 5.56 Å². The Bertz CT molecular complexity index is 930. The van der Waals surface area contributed by atoms with E-state index in [0.717, 1.165) is 16.7 Å². The summed E-state index contributed by atoms with van der Waals surface area (Å²) in [4.78, 5) is 12.3. The first-order valence-electron chi connectivity index (χ1n) is 7.56. The molecule has 0 aliphatic heterocycles. The van der Waals surface area contributed by atoms with Crippen molar-refractivity contribution in [3.8, 4) is 17.2 Å². The van der Waals surface area contributed by atoms with Gasteiger partial charge in [0.15, 0.2) is 11.5 Å². The summed E-state index contributed by atoms with van der Waals surface area (Å²) >= 11 is 0. The van der Waals surface area contributed by atoms with Crippen molar-refractivity contribution in [3.63, 3.8) is 0 Å². The number of aromatic nitrogens is 1. The van der Waals surface area contributed by atoms with Crippen LogP contribution in [0.2, 0.25) is 0 Å². The van der Waals surface area contributed by atoms with Crippen molar-refractivity contribution in [2.75, 3.05) is 14.2 Å². The molecule has 0 saturated carbocycles. The molecule has 0 amide bonds. The standard InChI is InChI=1S/C19H19NO4/c1-20-10-9-15-16(19(20)21)7-8-17(23-3)18(15)24-12-13-5-4-6-14(11-13)22-2/h4-11H,12H2,1-3H3. The van der Waals surface area contributed by atoms with Gasteiger partial charge in [-0.05, 0) is 35.9 Å². The molecule has 1 heterocycles. The summed E-state index contributed by atoms with van der Waals surface area (Å²) in [5, 5.41) is 1.33.